The van der Waals surface area contributed by atoms with Crippen LogP contribution in [-0.4, -0.2) is 64.3 Å². The maximum absolute atomic E-state index is 12.2. The van der Waals surface area contributed by atoms with Crippen molar-refractivity contribution in [3.05, 3.63) is 77.8 Å². The fourth-order valence-corrected chi connectivity index (χ4v) is 4.88. The lowest BCUT2D eigenvalue weighted by Crippen LogP contribution is -2.44. The number of likely N-dealkylation sites (N-methyl/N-ethyl adjacent to an activating group) is 1. The number of nitrogens with two attached hydrogens (primary N) is 1. The molecule has 0 aliphatic carbocycles. The zero-order valence-corrected chi connectivity index (χ0v) is 21.6. The van der Waals surface area contributed by atoms with Gasteiger partial charge in [-0.2, -0.15) is 5.10 Å². The number of imidazole rings is 1. The lowest BCUT2D eigenvalue weighted by molar-refractivity contribution is 0.256. The maximum atomic E-state index is 12.2. The molecule has 6 rings (SSSR count). The van der Waals surface area contributed by atoms with Gasteiger partial charge in [-0.25, -0.2) is 9.78 Å². The molecule has 4 N–H and O–H groups in total. The molecule has 1 aliphatic rings. The van der Waals surface area contributed by atoms with E-state index in [4.69, 9.17) is 22.3 Å². The molecule has 2 aromatic heterocycles. The van der Waals surface area contributed by atoms with E-state index in [1.165, 1.54) is 10.6 Å². The van der Waals surface area contributed by atoms with Crippen LogP contribution in [0, 0.1) is 0 Å². The van der Waals surface area contributed by atoms with E-state index in [9.17, 15) is 4.79 Å². The SMILES string of the molecule is CN1CCN(c2ccc3nc(-c4cc(-c5ccc(N(C(N)=O)c6ccc(Cl)cc6)cc5)n[nH]4)[nH]c3c2)CC1. The number of amides is 2. The minimum absolute atomic E-state index is 0.581. The minimum Gasteiger partial charge on any atom is -0.369 e. The molecule has 3 heterocycles. The van der Waals surface area contributed by atoms with Gasteiger partial charge in [0.2, 0.25) is 0 Å². The van der Waals surface area contributed by atoms with Crippen molar-refractivity contribution in [3.8, 4) is 22.8 Å². The first kappa shape index (κ1) is 24.0. The fourth-order valence-electron chi connectivity index (χ4n) is 4.75. The van der Waals surface area contributed by atoms with Gasteiger partial charge in [-0.05, 0) is 67.7 Å². The highest BCUT2D eigenvalue weighted by atomic mass is 35.5. The zero-order valence-electron chi connectivity index (χ0n) is 20.9. The lowest BCUT2D eigenvalue weighted by atomic mass is 10.1. The van der Waals surface area contributed by atoms with E-state index in [-0.39, 0.29) is 0 Å². The Hall–Kier alpha value is -4.34. The van der Waals surface area contributed by atoms with Crippen molar-refractivity contribution in [3.63, 3.8) is 0 Å². The van der Waals surface area contributed by atoms with Gasteiger partial charge in [0.25, 0.3) is 0 Å². The van der Waals surface area contributed by atoms with Gasteiger partial charge >= 0.3 is 6.03 Å². The number of urea groups is 1. The van der Waals surface area contributed by atoms with Crippen LogP contribution in [-0.2, 0) is 0 Å². The Morgan fingerprint density at radius 3 is 2.32 bits per heavy atom. The van der Waals surface area contributed by atoms with Crippen LogP contribution in [0.4, 0.5) is 21.9 Å². The molecule has 1 aliphatic heterocycles. The Morgan fingerprint density at radius 1 is 0.947 bits per heavy atom. The summed E-state index contributed by atoms with van der Waals surface area (Å²) in [6.45, 7) is 4.16. The number of H-pyrrole nitrogens is 2. The molecule has 38 heavy (non-hydrogen) atoms. The monoisotopic (exact) mass is 526 g/mol. The molecule has 0 unspecified atom stereocenters. The quantitative estimate of drug-likeness (QED) is 0.290. The van der Waals surface area contributed by atoms with Crippen molar-refractivity contribution in [2.24, 2.45) is 5.73 Å². The first-order valence-electron chi connectivity index (χ1n) is 12.4. The summed E-state index contributed by atoms with van der Waals surface area (Å²) >= 11 is 5.99. The molecule has 5 aromatic rings. The van der Waals surface area contributed by atoms with Gasteiger partial charge < -0.3 is 20.5 Å². The summed E-state index contributed by atoms with van der Waals surface area (Å²) in [4.78, 5) is 26.6. The van der Waals surface area contributed by atoms with Gasteiger partial charge in [-0.15, -0.1) is 0 Å². The highest BCUT2D eigenvalue weighted by molar-refractivity contribution is 6.30. The number of rotatable bonds is 5. The number of benzene rings is 3. The third-order valence-corrected chi connectivity index (χ3v) is 7.15. The molecule has 0 saturated carbocycles. The van der Waals surface area contributed by atoms with E-state index >= 15 is 0 Å². The molecule has 192 valence electrons. The normalized spacial score (nSPS) is 14.2. The van der Waals surface area contributed by atoms with Crippen LogP contribution in [0.15, 0.2) is 72.8 Å². The number of piperazine rings is 1. The summed E-state index contributed by atoms with van der Waals surface area (Å²) in [6.07, 6.45) is 0. The molecule has 0 atom stereocenters. The van der Waals surface area contributed by atoms with Crippen molar-refractivity contribution in [2.75, 3.05) is 43.0 Å². The van der Waals surface area contributed by atoms with Crippen molar-refractivity contribution in [1.29, 1.82) is 0 Å². The summed E-state index contributed by atoms with van der Waals surface area (Å²) in [5, 5.41) is 8.17. The summed E-state index contributed by atoms with van der Waals surface area (Å²) < 4.78 is 0. The standard InChI is InChI=1S/C28H27ClN8O/c1-35-12-14-36(15-13-35)22-10-11-23-25(16-22)32-27(31-23)26-17-24(33-34-26)18-2-6-20(7-3-18)37(28(30)38)21-8-4-19(29)5-9-21/h2-11,16-17H,12-15H2,1H3,(H2,30,38)(H,31,32)(H,33,34). The number of carbonyl (C=O) groups is 1. The predicted octanol–water partition coefficient (Wildman–Crippen LogP) is 5.24. The van der Waals surface area contributed by atoms with Gasteiger partial charge in [-0.1, -0.05) is 23.7 Å². The number of primary amides is 1. The summed E-state index contributed by atoms with van der Waals surface area (Å²) in [6, 6.07) is 22.2. The second kappa shape index (κ2) is 9.85. The van der Waals surface area contributed by atoms with Gasteiger partial charge in [0.05, 0.1) is 28.1 Å². The number of halogens is 1. The number of hydrogen-bond donors (Lipinski definition) is 3. The number of nitrogens with zero attached hydrogens (tertiary/aromatic N) is 5. The first-order chi connectivity index (χ1) is 18.4. The molecule has 9 nitrogen and oxygen atoms in total. The van der Waals surface area contributed by atoms with E-state index in [0.717, 1.165) is 60.0 Å². The average Bonchev–Trinajstić information content (AvgIpc) is 3.58. The fraction of sp³-hybridized carbons (Fsp3) is 0.179. The number of aromatic amines is 2. The topological polar surface area (TPSA) is 110 Å². The number of carbonyl (C=O) groups excluding carboxylic acids is 1. The van der Waals surface area contributed by atoms with E-state index in [1.807, 2.05) is 30.3 Å². The number of aromatic nitrogens is 4. The smallest absolute Gasteiger partial charge is 0.323 e. The zero-order chi connectivity index (χ0) is 26.2. The highest BCUT2D eigenvalue weighted by Crippen LogP contribution is 2.30. The molecule has 0 spiro atoms. The Bertz CT molecular complexity index is 1580. The van der Waals surface area contributed by atoms with Crippen LogP contribution < -0.4 is 15.5 Å². The third kappa shape index (κ3) is 4.69. The molecular formula is C28H27ClN8O. The van der Waals surface area contributed by atoms with Crippen LogP contribution in [0.2, 0.25) is 5.02 Å². The molecule has 0 bridgehead atoms. The summed E-state index contributed by atoms with van der Waals surface area (Å²) in [7, 11) is 2.16. The average molecular weight is 527 g/mol. The maximum Gasteiger partial charge on any atom is 0.323 e. The van der Waals surface area contributed by atoms with E-state index in [0.29, 0.717) is 16.4 Å². The Kier molecular flexibility index (Phi) is 6.22. The second-order valence-electron chi connectivity index (χ2n) is 9.44. The van der Waals surface area contributed by atoms with Gasteiger partial charge in [0, 0.05) is 42.5 Å². The molecule has 3 aromatic carbocycles. The van der Waals surface area contributed by atoms with Crippen LogP contribution in [0.1, 0.15) is 0 Å². The van der Waals surface area contributed by atoms with Crippen molar-refractivity contribution in [1.82, 2.24) is 25.1 Å². The Morgan fingerprint density at radius 2 is 1.63 bits per heavy atom. The lowest BCUT2D eigenvalue weighted by Gasteiger charge is -2.34. The van der Waals surface area contributed by atoms with Gasteiger partial charge in [0.1, 0.15) is 5.69 Å². The first-order valence-corrected chi connectivity index (χ1v) is 12.8. The molecule has 10 heteroatoms. The Labute approximate surface area is 224 Å². The molecule has 2 amide bonds. The van der Waals surface area contributed by atoms with Crippen LogP contribution >= 0.6 is 11.6 Å². The van der Waals surface area contributed by atoms with Crippen molar-refractivity contribution in [2.45, 2.75) is 0 Å². The van der Waals surface area contributed by atoms with Crippen LogP contribution in [0.25, 0.3) is 33.8 Å². The van der Waals surface area contributed by atoms with E-state index < -0.39 is 6.03 Å². The molecule has 0 radical (unpaired) electrons. The number of anilines is 3. The van der Waals surface area contributed by atoms with Crippen molar-refractivity contribution < 1.29 is 4.79 Å². The van der Waals surface area contributed by atoms with E-state index in [1.54, 1.807) is 24.3 Å². The number of hydrogen-bond acceptors (Lipinski definition) is 5. The number of fused-ring (bicyclic) bond motifs is 1. The van der Waals surface area contributed by atoms with Gasteiger partial charge in [0.15, 0.2) is 5.82 Å². The summed E-state index contributed by atoms with van der Waals surface area (Å²) in [5.41, 5.74) is 12.5. The third-order valence-electron chi connectivity index (χ3n) is 6.89. The number of nitrogens with one attached hydrogen (secondary N) is 2. The minimum atomic E-state index is -0.581. The highest BCUT2D eigenvalue weighted by Gasteiger charge is 2.18. The second-order valence-corrected chi connectivity index (χ2v) is 9.88. The van der Waals surface area contributed by atoms with Gasteiger partial charge in [-0.3, -0.25) is 10.00 Å². The van der Waals surface area contributed by atoms with E-state index in [2.05, 4.69) is 50.2 Å². The van der Waals surface area contributed by atoms with Crippen molar-refractivity contribution >= 4 is 45.7 Å². The summed E-state index contributed by atoms with van der Waals surface area (Å²) in [5.74, 6) is 0.730. The van der Waals surface area contributed by atoms with Crippen LogP contribution in [0.3, 0.4) is 0 Å². The molecule has 1 fully saturated rings. The largest absolute Gasteiger partial charge is 0.369 e. The predicted molar refractivity (Wildman–Crippen MR) is 152 cm³/mol. The molecule has 1 saturated heterocycles. The molecular weight excluding hydrogens is 500 g/mol. The Balaban J connectivity index is 1.22. The van der Waals surface area contributed by atoms with Crippen LogP contribution in [0.5, 0.6) is 0 Å².